The Morgan fingerprint density at radius 1 is 1.47 bits per heavy atom. The van der Waals surface area contributed by atoms with Crippen LogP contribution in [-0.4, -0.2) is 60.7 Å². The third-order valence-corrected chi connectivity index (χ3v) is 4.55. The second kappa shape index (κ2) is 4.52. The highest BCUT2D eigenvalue weighted by Gasteiger charge is 2.39. The predicted octanol–water partition coefficient (Wildman–Crippen LogP) is -1.84. The van der Waals surface area contributed by atoms with Gasteiger partial charge in [0.15, 0.2) is 0 Å². The van der Waals surface area contributed by atoms with E-state index in [1.165, 1.54) is 0 Å². The number of nitrogens with two attached hydrogens (primary N) is 1. The molecule has 2 rings (SSSR count). The van der Waals surface area contributed by atoms with E-state index >= 15 is 0 Å². The smallest absolute Gasteiger partial charge is 0.269 e. The molecular weight excluding hydrogens is 246 g/mol. The normalized spacial score (nSPS) is 34.2. The van der Waals surface area contributed by atoms with E-state index in [4.69, 9.17) is 10.3 Å². The minimum absolute atomic E-state index is 0.0118. The number of carbonyl (C=O) groups excluding carboxylic acids is 1. The fraction of sp³-hybridized carbons (Fsp3) is 0.889. The standard InChI is InChI=1S/C9H17N3O4S/c10-6-1-2-12(5-6)9(13)8-3-7(4-11-8)17(14,15)16/h6-8,11H,1-5,10H2,(H,14,15,16)/t6?,7?,8-/m0/s1. The minimum atomic E-state index is -4.06. The summed E-state index contributed by atoms with van der Waals surface area (Å²) in [5.41, 5.74) is 5.71. The van der Waals surface area contributed by atoms with Gasteiger partial charge in [-0.05, 0) is 12.8 Å². The maximum atomic E-state index is 12.0. The second-order valence-corrected chi connectivity index (χ2v) is 6.36. The molecule has 17 heavy (non-hydrogen) atoms. The number of hydrogen-bond donors (Lipinski definition) is 3. The van der Waals surface area contributed by atoms with Gasteiger partial charge in [0.1, 0.15) is 5.25 Å². The van der Waals surface area contributed by atoms with Crippen molar-refractivity contribution >= 4 is 16.0 Å². The highest BCUT2D eigenvalue weighted by Crippen LogP contribution is 2.18. The van der Waals surface area contributed by atoms with Gasteiger partial charge in [0, 0.05) is 25.7 Å². The van der Waals surface area contributed by atoms with E-state index in [2.05, 4.69) is 5.32 Å². The van der Waals surface area contributed by atoms with Crippen LogP contribution in [0.2, 0.25) is 0 Å². The summed E-state index contributed by atoms with van der Waals surface area (Å²) in [6.07, 6.45) is 0.906. The van der Waals surface area contributed by atoms with Gasteiger partial charge in [0.25, 0.3) is 10.1 Å². The molecule has 2 aliphatic rings. The summed E-state index contributed by atoms with van der Waals surface area (Å²) in [5, 5.41) is 1.95. The molecule has 0 bridgehead atoms. The number of nitrogens with one attached hydrogen (secondary N) is 1. The van der Waals surface area contributed by atoms with E-state index in [1.807, 2.05) is 0 Å². The number of rotatable bonds is 2. The lowest BCUT2D eigenvalue weighted by Gasteiger charge is -2.20. The molecular formula is C9H17N3O4S. The van der Waals surface area contributed by atoms with Crippen LogP contribution in [0, 0.1) is 0 Å². The van der Waals surface area contributed by atoms with E-state index < -0.39 is 21.4 Å². The lowest BCUT2D eigenvalue weighted by atomic mass is 10.2. The number of hydrogen-bond acceptors (Lipinski definition) is 5. The summed E-state index contributed by atoms with van der Waals surface area (Å²) < 4.78 is 30.8. The molecule has 0 aromatic rings. The van der Waals surface area contributed by atoms with Crippen molar-refractivity contribution in [1.82, 2.24) is 10.2 Å². The monoisotopic (exact) mass is 263 g/mol. The van der Waals surface area contributed by atoms with E-state index in [9.17, 15) is 13.2 Å². The number of amides is 1. The summed E-state index contributed by atoms with van der Waals surface area (Å²) >= 11 is 0. The van der Waals surface area contributed by atoms with Crippen LogP contribution >= 0.6 is 0 Å². The minimum Gasteiger partial charge on any atom is -0.340 e. The van der Waals surface area contributed by atoms with Crippen LogP contribution in [0.25, 0.3) is 0 Å². The van der Waals surface area contributed by atoms with Crippen molar-refractivity contribution in [2.75, 3.05) is 19.6 Å². The Labute approximate surface area is 100 Å². The van der Waals surface area contributed by atoms with Crippen LogP contribution in [0.1, 0.15) is 12.8 Å². The molecule has 2 saturated heterocycles. The predicted molar refractivity (Wildman–Crippen MR) is 60.9 cm³/mol. The fourth-order valence-corrected chi connectivity index (χ4v) is 3.07. The van der Waals surface area contributed by atoms with Crippen LogP contribution in [0.15, 0.2) is 0 Å². The lowest BCUT2D eigenvalue weighted by Crippen LogP contribution is -2.43. The third kappa shape index (κ3) is 2.76. The van der Waals surface area contributed by atoms with Crippen LogP contribution < -0.4 is 11.1 Å². The van der Waals surface area contributed by atoms with Gasteiger partial charge in [-0.15, -0.1) is 0 Å². The van der Waals surface area contributed by atoms with E-state index in [-0.39, 0.29) is 24.9 Å². The maximum absolute atomic E-state index is 12.0. The molecule has 0 aromatic carbocycles. The first kappa shape index (κ1) is 12.7. The molecule has 2 fully saturated rings. The molecule has 1 amide bonds. The van der Waals surface area contributed by atoms with Gasteiger partial charge in [-0.3, -0.25) is 9.35 Å². The Balaban J connectivity index is 1.95. The SMILES string of the molecule is NC1CCN(C(=O)[C@@H]2CC(S(=O)(=O)O)CN2)C1. The Morgan fingerprint density at radius 2 is 2.18 bits per heavy atom. The largest absolute Gasteiger partial charge is 0.340 e. The van der Waals surface area contributed by atoms with Crippen molar-refractivity contribution in [3.05, 3.63) is 0 Å². The van der Waals surface area contributed by atoms with Gasteiger partial charge in [-0.2, -0.15) is 8.42 Å². The molecule has 98 valence electrons. The molecule has 3 atom stereocenters. The van der Waals surface area contributed by atoms with Crippen molar-refractivity contribution in [3.63, 3.8) is 0 Å². The van der Waals surface area contributed by atoms with Gasteiger partial charge in [-0.25, -0.2) is 0 Å². The summed E-state index contributed by atoms with van der Waals surface area (Å²) in [7, 11) is -4.06. The number of carbonyl (C=O) groups is 1. The van der Waals surface area contributed by atoms with Gasteiger partial charge in [0.05, 0.1) is 6.04 Å². The van der Waals surface area contributed by atoms with Crippen LogP contribution in [0.5, 0.6) is 0 Å². The van der Waals surface area contributed by atoms with E-state index in [0.29, 0.717) is 13.1 Å². The molecule has 0 saturated carbocycles. The highest BCUT2D eigenvalue weighted by molar-refractivity contribution is 7.86. The molecule has 2 aliphatic heterocycles. The van der Waals surface area contributed by atoms with E-state index in [0.717, 1.165) is 6.42 Å². The Hall–Kier alpha value is -0.700. The van der Waals surface area contributed by atoms with Gasteiger partial charge in [0.2, 0.25) is 5.91 Å². The van der Waals surface area contributed by atoms with Crippen LogP contribution in [0.3, 0.4) is 0 Å². The molecule has 2 unspecified atom stereocenters. The topological polar surface area (TPSA) is 113 Å². The third-order valence-electron chi connectivity index (χ3n) is 3.35. The number of likely N-dealkylation sites (tertiary alicyclic amines) is 1. The zero-order chi connectivity index (χ0) is 12.6. The van der Waals surface area contributed by atoms with Gasteiger partial charge >= 0.3 is 0 Å². The van der Waals surface area contributed by atoms with E-state index in [1.54, 1.807) is 4.90 Å². The molecule has 0 aliphatic carbocycles. The highest BCUT2D eigenvalue weighted by atomic mass is 32.2. The van der Waals surface area contributed by atoms with Crippen LogP contribution in [0.4, 0.5) is 0 Å². The first-order valence-corrected chi connectivity index (χ1v) is 7.12. The first-order chi connectivity index (χ1) is 7.88. The molecule has 7 nitrogen and oxygen atoms in total. The van der Waals surface area contributed by atoms with Crippen molar-refractivity contribution in [2.24, 2.45) is 5.73 Å². The summed E-state index contributed by atoms with van der Waals surface area (Å²) in [5.74, 6) is -0.121. The van der Waals surface area contributed by atoms with Crippen molar-refractivity contribution < 1.29 is 17.8 Å². The fourth-order valence-electron chi connectivity index (χ4n) is 2.33. The van der Waals surface area contributed by atoms with Gasteiger partial charge < -0.3 is 16.0 Å². The molecule has 0 aromatic heterocycles. The van der Waals surface area contributed by atoms with Crippen molar-refractivity contribution in [3.8, 4) is 0 Å². The lowest BCUT2D eigenvalue weighted by molar-refractivity contribution is -0.132. The molecule has 4 N–H and O–H groups in total. The Morgan fingerprint density at radius 3 is 2.65 bits per heavy atom. The summed E-state index contributed by atoms with van der Waals surface area (Å²) in [6.45, 7) is 1.26. The summed E-state index contributed by atoms with van der Waals surface area (Å²) in [4.78, 5) is 13.6. The molecule has 2 heterocycles. The van der Waals surface area contributed by atoms with Crippen molar-refractivity contribution in [1.29, 1.82) is 0 Å². The average molecular weight is 263 g/mol. The zero-order valence-electron chi connectivity index (χ0n) is 9.37. The summed E-state index contributed by atoms with van der Waals surface area (Å²) in [6, 6.07) is -0.509. The zero-order valence-corrected chi connectivity index (χ0v) is 10.2. The van der Waals surface area contributed by atoms with Gasteiger partial charge in [-0.1, -0.05) is 0 Å². The van der Waals surface area contributed by atoms with Crippen molar-refractivity contribution in [2.45, 2.75) is 30.2 Å². The maximum Gasteiger partial charge on any atom is 0.269 e. The molecule has 0 spiro atoms. The number of nitrogens with zero attached hydrogens (tertiary/aromatic N) is 1. The Bertz CT molecular complexity index is 410. The first-order valence-electron chi connectivity index (χ1n) is 5.62. The molecule has 0 radical (unpaired) electrons. The second-order valence-electron chi connectivity index (χ2n) is 4.67. The quantitative estimate of drug-likeness (QED) is 0.505. The Kier molecular flexibility index (Phi) is 3.39. The average Bonchev–Trinajstić information content (AvgIpc) is 2.83. The van der Waals surface area contributed by atoms with Crippen LogP contribution in [-0.2, 0) is 14.9 Å². The molecule has 8 heteroatoms.